The second-order valence-electron chi connectivity index (χ2n) is 4.52. The number of hydrogen-bond acceptors (Lipinski definition) is 3. The summed E-state index contributed by atoms with van der Waals surface area (Å²) in [4.78, 5) is 4.04. The van der Waals surface area contributed by atoms with Crippen molar-refractivity contribution in [1.82, 2.24) is 4.98 Å². The lowest BCUT2D eigenvalue weighted by Gasteiger charge is -2.11. The second kappa shape index (κ2) is 5.65. The Morgan fingerprint density at radius 2 is 2.11 bits per heavy atom. The number of benzene rings is 1. The van der Waals surface area contributed by atoms with E-state index in [1.54, 1.807) is 12.4 Å². The number of nitrogens with zero attached hydrogens (tertiary/aromatic N) is 1. The number of nitrogens with two attached hydrogens (primary N) is 1. The summed E-state index contributed by atoms with van der Waals surface area (Å²) in [5, 5.41) is 0. The van der Waals surface area contributed by atoms with Gasteiger partial charge in [0.1, 0.15) is 11.5 Å². The Bertz CT molecular complexity index is 523. The van der Waals surface area contributed by atoms with Crippen LogP contribution in [-0.4, -0.2) is 4.98 Å². The maximum atomic E-state index is 5.87. The first-order chi connectivity index (χ1) is 8.70. The molecule has 18 heavy (non-hydrogen) atoms. The zero-order valence-electron chi connectivity index (χ0n) is 10.8. The summed E-state index contributed by atoms with van der Waals surface area (Å²) in [5.41, 5.74) is 7.83. The second-order valence-corrected chi connectivity index (χ2v) is 4.52. The largest absolute Gasteiger partial charge is 0.457 e. The van der Waals surface area contributed by atoms with Gasteiger partial charge in [-0.3, -0.25) is 4.98 Å². The van der Waals surface area contributed by atoms with Gasteiger partial charge in [-0.1, -0.05) is 26.0 Å². The monoisotopic (exact) mass is 242 g/mol. The lowest BCUT2D eigenvalue weighted by molar-refractivity contribution is 0.474. The van der Waals surface area contributed by atoms with Crippen molar-refractivity contribution in [1.29, 1.82) is 0 Å². The molecule has 1 aromatic carbocycles. The average Bonchev–Trinajstić information content (AvgIpc) is 2.39. The number of rotatable bonds is 4. The standard InChI is InChI=1S/C15H18N2O/c1-11(2)12-4-3-5-14(8-12)18-15-6-7-17-10-13(15)9-16/h3-8,10-11H,9,16H2,1-2H3. The van der Waals surface area contributed by atoms with E-state index in [1.165, 1.54) is 5.56 Å². The summed E-state index contributed by atoms with van der Waals surface area (Å²) in [5.74, 6) is 2.09. The van der Waals surface area contributed by atoms with E-state index in [2.05, 4.69) is 31.0 Å². The molecule has 0 radical (unpaired) electrons. The highest BCUT2D eigenvalue weighted by Crippen LogP contribution is 2.26. The van der Waals surface area contributed by atoms with Gasteiger partial charge in [0.25, 0.3) is 0 Å². The summed E-state index contributed by atoms with van der Waals surface area (Å²) < 4.78 is 5.87. The van der Waals surface area contributed by atoms with Crippen LogP contribution in [0.15, 0.2) is 42.7 Å². The molecule has 0 saturated carbocycles. The molecule has 1 heterocycles. The number of hydrogen-bond donors (Lipinski definition) is 1. The van der Waals surface area contributed by atoms with Crippen molar-refractivity contribution in [2.24, 2.45) is 5.73 Å². The quantitative estimate of drug-likeness (QED) is 0.893. The van der Waals surface area contributed by atoms with Gasteiger partial charge in [-0.25, -0.2) is 0 Å². The maximum absolute atomic E-state index is 5.87. The highest BCUT2D eigenvalue weighted by atomic mass is 16.5. The number of pyridine rings is 1. The molecule has 0 aliphatic carbocycles. The minimum atomic E-state index is 0.424. The summed E-state index contributed by atoms with van der Waals surface area (Å²) in [6, 6.07) is 9.96. The van der Waals surface area contributed by atoms with Crippen LogP contribution < -0.4 is 10.5 Å². The van der Waals surface area contributed by atoms with E-state index in [-0.39, 0.29) is 0 Å². The Hall–Kier alpha value is -1.87. The molecule has 0 bridgehead atoms. The third-order valence-corrected chi connectivity index (χ3v) is 2.83. The van der Waals surface area contributed by atoms with Crippen LogP contribution in [0.5, 0.6) is 11.5 Å². The summed E-state index contributed by atoms with van der Waals surface area (Å²) >= 11 is 0. The summed E-state index contributed by atoms with van der Waals surface area (Å²) in [7, 11) is 0. The maximum Gasteiger partial charge on any atom is 0.134 e. The smallest absolute Gasteiger partial charge is 0.134 e. The van der Waals surface area contributed by atoms with Crippen LogP contribution in [0.4, 0.5) is 0 Å². The number of aromatic nitrogens is 1. The molecular weight excluding hydrogens is 224 g/mol. The number of ether oxygens (including phenoxy) is 1. The van der Waals surface area contributed by atoms with E-state index in [0.29, 0.717) is 12.5 Å². The van der Waals surface area contributed by atoms with E-state index in [1.807, 2.05) is 18.2 Å². The lowest BCUT2D eigenvalue weighted by atomic mass is 10.0. The summed E-state index contributed by atoms with van der Waals surface area (Å²) in [6.45, 7) is 4.75. The first-order valence-electron chi connectivity index (χ1n) is 6.11. The third kappa shape index (κ3) is 2.87. The zero-order chi connectivity index (χ0) is 13.0. The fraction of sp³-hybridized carbons (Fsp3) is 0.267. The van der Waals surface area contributed by atoms with Crippen LogP contribution in [0.2, 0.25) is 0 Å². The van der Waals surface area contributed by atoms with Gasteiger partial charge in [0.2, 0.25) is 0 Å². The summed E-state index contributed by atoms with van der Waals surface area (Å²) in [6.07, 6.45) is 3.45. The molecule has 0 atom stereocenters. The van der Waals surface area contributed by atoms with E-state index in [4.69, 9.17) is 10.5 Å². The van der Waals surface area contributed by atoms with Crippen molar-refractivity contribution in [2.75, 3.05) is 0 Å². The predicted octanol–water partition coefficient (Wildman–Crippen LogP) is 3.46. The minimum absolute atomic E-state index is 0.424. The van der Waals surface area contributed by atoms with E-state index in [9.17, 15) is 0 Å². The Balaban J connectivity index is 2.25. The molecule has 0 amide bonds. The van der Waals surface area contributed by atoms with Crippen LogP contribution in [0.1, 0.15) is 30.9 Å². The van der Waals surface area contributed by atoms with Crippen LogP contribution in [0, 0.1) is 0 Å². The molecule has 0 aliphatic heterocycles. The lowest BCUT2D eigenvalue weighted by Crippen LogP contribution is -2.00. The fourth-order valence-corrected chi connectivity index (χ4v) is 1.73. The molecule has 0 fully saturated rings. The molecule has 3 nitrogen and oxygen atoms in total. The first kappa shape index (κ1) is 12.6. The Kier molecular flexibility index (Phi) is 3.95. The molecular formula is C15H18N2O. The molecule has 0 aliphatic rings. The Morgan fingerprint density at radius 1 is 1.28 bits per heavy atom. The minimum Gasteiger partial charge on any atom is -0.457 e. The average molecular weight is 242 g/mol. The van der Waals surface area contributed by atoms with Crippen molar-refractivity contribution in [3.05, 3.63) is 53.9 Å². The molecule has 3 heteroatoms. The third-order valence-electron chi connectivity index (χ3n) is 2.83. The molecule has 0 unspecified atom stereocenters. The normalized spacial score (nSPS) is 10.7. The molecule has 2 aromatic rings. The SMILES string of the molecule is CC(C)c1cccc(Oc2ccncc2CN)c1. The van der Waals surface area contributed by atoms with Gasteiger partial charge in [-0.2, -0.15) is 0 Å². The van der Waals surface area contributed by atoms with Crippen molar-refractivity contribution < 1.29 is 4.74 Å². The van der Waals surface area contributed by atoms with Crippen LogP contribution in [0.3, 0.4) is 0 Å². The topological polar surface area (TPSA) is 48.1 Å². The van der Waals surface area contributed by atoms with Crippen LogP contribution in [-0.2, 0) is 6.54 Å². The van der Waals surface area contributed by atoms with Gasteiger partial charge < -0.3 is 10.5 Å². The highest BCUT2D eigenvalue weighted by molar-refractivity contribution is 5.37. The predicted molar refractivity (Wildman–Crippen MR) is 72.7 cm³/mol. The van der Waals surface area contributed by atoms with Crippen molar-refractivity contribution in [3.63, 3.8) is 0 Å². The molecule has 2 rings (SSSR count). The van der Waals surface area contributed by atoms with Gasteiger partial charge in [-0.15, -0.1) is 0 Å². The van der Waals surface area contributed by atoms with E-state index < -0.39 is 0 Å². The fourth-order valence-electron chi connectivity index (χ4n) is 1.73. The first-order valence-corrected chi connectivity index (χ1v) is 6.11. The van der Waals surface area contributed by atoms with Gasteiger partial charge in [0.05, 0.1) is 0 Å². The molecule has 0 saturated heterocycles. The Morgan fingerprint density at radius 3 is 2.83 bits per heavy atom. The van der Waals surface area contributed by atoms with E-state index in [0.717, 1.165) is 17.1 Å². The molecule has 1 aromatic heterocycles. The molecule has 0 spiro atoms. The van der Waals surface area contributed by atoms with Gasteiger partial charge >= 0.3 is 0 Å². The van der Waals surface area contributed by atoms with Crippen LogP contribution >= 0.6 is 0 Å². The highest BCUT2D eigenvalue weighted by Gasteiger charge is 2.05. The molecule has 94 valence electrons. The van der Waals surface area contributed by atoms with Crippen molar-refractivity contribution >= 4 is 0 Å². The molecule has 2 N–H and O–H groups in total. The van der Waals surface area contributed by atoms with Crippen molar-refractivity contribution in [2.45, 2.75) is 26.3 Å². The van der Waals surface area contributed by atoms with Gasteiger partial charge in [0, 0.05) is 24.5 Å². The van der Waals surface area contributed by atoms with Crippen molar-refractivity contribution in [3.8, 4) is 11.5 Å². The zero-order valence-corrected chi connectivity index (χ0v) is 10.8. The van der Waals surface area contributed by atoms with Crippen LogP contribution in [0.25, 0.3) is 0 Å². The van der Waals surface area contributed by atoms with E-state index >= 15 is 0 Å². The van der Waals surface area contributed by atoms with Gasteiger partial charge in [0.15, 0.2) is 0 Å². The Labute approximate surface area is 108 Å². The van der Waals surface area contributed by atoms with Gasteiger partial charge in [-0.05, 0) is 29.7 Å².